The van der Waals surface area contributed by atoms with Crippen molar-refractivity contribution in [2.75, 3.05) is 19.1 Å². The van der Waals surface area contributed by atoms with Crippen LogP contribution in [-0.4, -0.2) is 26.0 Å². The van der Waals surface area contributed by atoms with Crippen LogP contribution in [0.2, 0.25) is 0 Å². The summed E-state index contributed by atoms with van der Waals surface area (Å²) in [6, 6.07) is 7.57. The molecule has 0 radical (unpaired) electrons. The SMILES string of the molecule is CCC(C(=O)OC)C(=O)N(C)c1ccc(C)cc1. The molecule has 1 atom stereocenters. The number of carbonyl (C=O) groups excluding carboxylic acids is 2. The molecule has 4 heteroatoms. The van der Waals surface area contributed by atoms with E-state index in [1.807, 2.05) is 31.2 Å². The Morgan fingerprint density at radius 2 is 1.83 bits per heavy atom. The summed E-state index contributed by atoms with van der Waals surface area (Å²) in [5.74, 6) is -1.46. The number of hydrogen-bond acceptors (Lipinski definition) is 3. The van der Waals surface area contributed by atoms with Crippen molar-refractivity contribution in [2.24, 2.45) is 5.92 Å². The monoisotopic (exact) mass is 249 g/mol. The second-order valence-corrected chi connectivity index (χ2v) is 4.22. The Balaban J connectivity index is 2.88. The lowest BCUT2D eigenvalue weighted by Gasteiger charge is -2.21. The Hall–Kier alpha value is -1.84. The molecule has 0 spiro atoms. The predicted molar refractivity (Wildman–Crippen MR) is 70.4 cm³/mol. The smallest absolute Gasteiger partial charge is 0.318 e. The molecule has 0 aliphatic rings. The third-order valence-corrected chi connectivity index (χ3v) is 2.94. The van der Waals surface area contributed by atoms with Gasteiger partial charge in [-0.25, -0.2) is 0 Å². The van der Waals surface area contributed by atoms with E-state index in [2.05, 4.69) is 4.74 Å². The van der Waals surface area contributed by atoms with Gasteiger partial charge in [0.2, 0.25) is 5.91 Å². The van der Waals surface area contributed by atoms with Crippen LogP contribution in [0, 0.1) is 12.8 Å². The van der Waals surface area contributed by atoms with E-state index in [1.165, 1.54) is 12.0 Å². The van der Waals surface area contributed by atoms with Crippen LogP contribution in [0.4, 0.5) is 5.69 Å². The quantitative estimate of drug-likeness (QED) is 0.607. The van der Waals surface area contributed by atoms with Crippen LogP contribution in [0.5, 0.6) is 0 Å². The second-order valence-electron chi connectivity index (χ2n) is 4.22. The highest BCUT2D eigenvalue weighted by molar-refractivity contribution is 6.05. The number of anilines is 1. The molecule has 1 rings (SSSR count). The first kappa shape index (κ1) is 14.2. The van der Waals surface area contributed by atoms with Gasteiger partial charge in [-0.05, 0) is 25.5 Å². The van der Waals surface area contributed by atoms with Crippen molar-refractivity contribution in [1.29, 1.82) is 0 Å². The maximum atomic E-state index is 12.2. The lowest BCUT2D eigenvalue weighted by molar-refractivity contribution is -0.149. The molecule has 18 heavy (non-hydrogen) atoms. The number of amides is 1. The minimum absolute atomic E-state index is 0.242. The molecule has 0 bridgehead atoms. The van der Waals surface area contributed by atoms with Gasteiger partial charge in [0.15, 0.2) is 0 Å². The van der Waals surface area contributed by atoms with Gasteiger partial charge >= 0.3 is 5.97 Å². The van der Waals surface area contributed by atoms with Gasteiger partial charge in [-0.15, -0.1) is 0 Å². The number of carbonyl (C=O) groups is 2. The molecule has 1 amide bonds. The van der Waals surface area contributed by atoms with E-state index in [0.29, 0.717) is 6.42 Å². The highest BCUT2D eigenvalue weighted by atomic mass is 16.5. The lowest BCUT2D eigenvalue weighted by atomic mass is 10.0. The Bertz CT molecular complexity index is 425. The standard InChI is InChI=1S/C14H19NO3/c1-5-12(14(17)18-4)13(16)15(3)11-8-6-10(2)7-9-11/h6-9,12H,5H2,1-4H3. The molecular weight excluding hydrogens is 230 g/mol. The molecule has 1 unspecified atom stereocenters. The van der Waals surface area contributed by atoms with Gasteiger partial charge in [-0.2, -0.15) is 0 Å². The molecular formula is C14H19NO3. The molecule has 98 valence electrons. The molecule has 0 aliphatic heterocycles. The topological polar surface area (TPSA) is 46.6 Å². The van der Waals surface area contributed by atoms with E-state index in [0.717, 1.165) is 11.3 Å². The van der Waals surface area contributed by atoms with Gasteiger partial charge in [-0.3, -0.25) is 9.59 Å². The van der Waals surface area contributed by atoms with E-state index in [9.17, 15) is 9.59 Å². The molecule has 4 nitrogen and oxygen atoms in total. The average Bonchev–Trinajstić information content (AvgIpc) is 2.39. The zero-order valence-corrected chi connectivity index (χ0v) is 11.3. The first-order chi connectivity index (χ1) is 8.51. The molecule has 1 aromatic rings. The molecule has 0 fully saturated rings. The predicted octanol–water partition coefficient (Wildman–Crippen LogP) is 2.16. The summed E-state index contributed by atoms with van der Waals surface area (Å²) in [7, 11) is 2.96. The maximum absolute atomic E-state index is 12.2. The zero-order valence-electron chi connectivity index (χ0n) is 11.3. The van der Waals surface area contributed by atoms with Crippen LogP contribution in [0.25, 0.3) is 0 Å². The van der Waals surface area contributed by atoms with Crippen molar-refractivity contribution in [3.05, 3.63) is 29.8 Å². The minimum Gasteiger partial charge on any atom is -0.468 e. The van der Waals surface area contributed by atoms with Crippen molar-refractivity contribution >= 4 is 17.6 Å². The summed E-state index contributed by atoms with van der Waals surface area (Å²) in [6.07, 6.45) is 0.432. The first-order valence-electron chi connectivity index (χ1n) is 5.93. The van der Waals surface area contributed by atoms with Gasteiger partial charge in [0, 0.05) is 12.7 Å². The van der Waals surface area contributed by atoms with Crippen LogP contribution < -0.4 is 4.90 Å². The van der Waals surface area contributed by atoms with Crippen LogP contribution >= 0.6 is 0 Å². The third-order valence-electron chi connectivity index (χ3n) is 2.94. The Kier molecular flexibility index (Phi) is 4.89. The Labute approximate surface area is 108 Å². The average molecular weight is 249 g/mol. The van der Waals surface area contributed by atoms with Crippen LogP contribution in [-0.2, 0) is 14.3 Å². The second kappa shape index (κ2) is 6.19. The summed E-state index contributed by atoms with van der Waals surface area (Å²) in [5, 5.41) is 0. The van der Waals surface area contributed by atoms with Crippen molar-refractivity contribution in [1.82, 2.24) is 0 Å². The van der Waals surface area contributed by atoms with Crippen molar-refractivity contribution in [3.63, 3.8) is 0 Å². The molecule has 0 heterocycles. The molecule has 0 saturated carbocycles. The lowest BCUT2D eigenvalue weighted by Crippen LogP contribution is -2.37. The number of nitrogens with zero attached hydrogens (tertiary/aromatic N) is 1. The molecule has 0 aromatic heterocycles. The summed E-state index contributed by atoms with van der Waals surface area (Å²) in [5.41, 5.74) is 1.90. The van der Waals surface area contributed by atoms with Crippen LogP contribution in [0.1, 0.15) is 18.9 Å². The fourth-order valence-corrected chi connectivity index (χ4v) is 1.71. The van der Waals surface area contributed by atoms with Gasteiger partial charge < -0.3 is 9.64 Å². The number of esters is 1. The Morgan fingerprint density at radius 1 is 1.28 bits per heavy atom. The Morgan fingerprint density at radius 3 is 2.28 bits per heavy atom. The van der Waals surface area contributed by atoms with E-state index in [4.69, 9.17) is 0 Å². The summed E-state index contributed by atoms with van der Waals surface area (Å²) in [4.78, 5) is 25.2. The minimum atomic E-state index is -0.735. The molecule has 1 aromatic carbocycles. The number of hydrogen-bond donors (Lipinski definition) is 0. The highest BCUT2D eigenvalue weighted by Crippen LogP contribution is 2.18. The van der Waals surface area contributed by atoms with E-state index >= 15 is 0 Å². The van der Waals surface area contributed by atoms with Gasteiger partial charge in [0.25, 0.3) is 0 Å². The van der Waals surface area contributed by atoms with Gasteiger partial charge in [0.1, 0.15) is 5.92 Å². The van der Waals surface area contributed by atoms with Crippen LogP contribution in [0.15, 0.2) is 24.3 Å². The van der Waals surface area contributed by atoms with E-state index in [1.54, 1.807) is 14.0 Å². The van der Waals surface area contributed by atoms with E-state index < -0.39 is 11.9 Å². The van der Waals surface area contributed by atoms with Crippen molar-refractivity contribution in [3.8, 4) is 0 Å². The fraction of sp³-hybridized carbons (Fsp3) is 0.429. The molecule has 0 saturated heterocycles. The van der Waals surface area contributed by atoms with Gasteiger partial charge in [-0.1, -0.05) is 24.6 Å². The fourth-order valence-electron chi connectivity index (χ4n) is 1.71. The maximum Gasteiger partial charge on any atom is 0.318 e. The van der Waals surface area contributed by atoms with Gasteiger partial charge in [0.05, 0.1) is 7.11 Å². The number of methoxy groups -OCH3 is 1. The number of aryl methyl sites for hydroxylation is 1. The summed E-state index contributed by atoms with van der Waals surface area (Å²) < 4.78 is 4.64. The summed E-state index contributed by atoms with van der Waals surface area (Å²) in [6.45, 7) is 3.78. The molecule has 0 N–H and O–H groups in total. The first-order valence-corrected chi connectivity index (χ1v) is 5.93. The summed E-state index contributed by atoms with van der Waals surface area (Å²) >= 11 is 0. The van der Waals surface area contributed by atoms with Crippen molar-refractivity contribution in [2.45, 2.75) is 20.3 Å². The van der Waals surface area contributed by atoms with Crippen molar-refractivity contribution < 1.29 is 14.3 Å². The van der Waals surface area contributed by atoms with Crippen LogP contribution in [0.3, 0.4) is 0 Å². The normalized spacial score (nSPS) is 11.8. The molecule has 0 aliphatic carbocycles. The number of rotatable bonds is 4. The largest absolute Gasteiger partial charge is 0.468 e. The highest BCUT2D eigenvalue weighted by Gasteiger charge is 2.28. The number of benzene rings is 1. The third kappa shape index (κ3) is 3.09. The zero-order chi connectivity index (χ0) is 13.7. The van der Waals surface area contributed by atoms with E-state index in [-0.39, 0.29) is 5.91 Å². The number of ether oxygens (including phenoxy) is 1.